The minimum absolute atomic E-state index is 0.0122. The number of nitrogens with zero attached hydrogens (tertiary/aromatic N) is 2. The van der Waals surface area contributed by atoms with Gasteiger partial charge in [-0.2, -0.15) is 0 Å². The largest absolute Gasteiger partial charge is 0.335 e. The first kappa shape index (κ1) is 17.9. The van der Waals surface area contributed by atoms with Crippen LogP contribution in [0.3, 0.4) is 0 Å². The number of hydrogen-bond donors (Lipinski definition) is 1. The van der Waals surface area contributed by atoms with Crippen molar-refractivity contribution in [3.8, 4) is 0 Å². The maximum atomic E-state index is 12.7. The van der Waals surface area contributed by atoms with Gasteiger partial charge in [0.25, 0.3) is 5.91 Å². The fourth-order valence-electron chi connectivity index (χ4n) is 4.56. The molecular formula is C24H23N3O2. The van der Waals surface area contributed by atoms with Crippen LogP contribution in [0.15, 0.2) is 65.2 Å². The van der Waals surface area contributed by atoms with Gasteiger partial charge in [-0.25, -0.2) is 9.79 Å². The highest BCUT2D eigenvalue weighted by atomic mass is 16.2. The van der Waals surface area contributed by atoms with Crippen molar-refractivity contribution in [1.82, 2.24) is 10.2 Å². The molecule has 1 N–H and O–H groups in total. The zero-order valence-electron chi connectivity index (χ0n) is 16.2. The molecule has 146 valence electrons. The monoisotopic (exact) mass is 385 g/mol. The number of amides is 3. The summed E-state index contributed by atoms with van der Waals surface area (Å²) in [6.45, 7) is 1.36. The molecule has 0 spiro atoms. The Bertz CT molecular complexity index is 1010. The van der Waals surface area contributed by atoms with Gasteiger partial charge in [0, 0.05) is 36.8 Å². The van der Waals surface area contributed by atoms with Crippen molar-refractivity contribution in [2.45, 2.75) is 44.3 Å². The quantitative estimate of drug-likeness (QED) is 0.788. The number of hydrogen-bond acceptors (Lipinski definition) is 2. The molecule has 0 fully saturated rings. The van der Waals surface area contributed by atoms with Gasteiger partial charge in [0.1, 0.15) is 0 Å². The summed E-state index contributed by atoms with van der Waals surface area (Å²) in [5, 5.41) is 3.20. The van der Waals surface area contributed by atoms with Gasteiger partial charge >= 0.3 is 6.03 Å². The van der Waals surface area contributed by atoms with Crippen LogP contribution in [0.1, 0.15) is 52.2 Å². The van der Waals surface area contributed by atoms with E-state index in [1.807, 2.05) is 41.3 Å². The molecule has 5 rings (SSSR count). The Kier molecular flexibility index (Phi) is 4.51. The number of carbonyl (C=O) groups excluding carboxylic acids is 2. The summed E-state index contributed by atoms with van der Waals surface area (Å²) in [5.74, 6) is -0.0985. The van der Waals surface area contributed by atoms with E-state index >= 15 is 0 Å². The van der Waals surface area contributed by atoms with Crippen molar-refractivity contribution in [1.29, 1.82) is 0 Å². The van der Waals surface area contributed by atoms with Crippen LogP contribution < -0.4 is 5.32 Å². The van der Waals surface area contributed by atoms with Crippen LogP contribution >= 0.6 is 0 Å². The maximum Gasteiger partial charge on any atom is 0.318 e. The van der Waals surface area contributed by atoms with Gasteiger partial charge < -0.3 is 10.2 Å². The van der Waals surface area contributed by atoms with Crippen molar-refractivity contribution < 1.29 is 9.59 Å². The lowest BCUT2D eigenvalue weighted by molar-refractivity contribution is 0.1000. The Labute approximate surface area is 170 Å². The predicted molar refractivity (Wildman–Crippen MR) is 112 cm³/mol. The van der Waals surface area contributed by atoms with Crippen LogP contribution in [0.4, 0.5) is 4.79 Å². The Morgan fingerprint density at radius 3 is 2.48 bits per heavy atom. The van der Waals surface area contributed by atoms with Crippen molar-refractivity contribution in [2.24, 2.45) is 4.99 Å². The predicted octanol–water partition coefficient (Wildman–Crippen LogP) is 4.20. The molecule has 5 heteroatoms. The number of allylic oxidation sites excluding steroid dienone is 1. The van der Waals surface area contributed by atoms with Crippen LogP contribution in [0.5, 0.6) is 0 Å². The molecule has 3 aliphatic rings. The fraction of sp³-hybridized carbons (Fsp3) is 0.292. The highest BCUT2D eigenvalue weighted by Crippen LogP contribution is 2.35. The van der Waals surface area contributed by atoms with Gasteiger partial charge in [-0.1, -0.05) is 54.1 Å². The standard InChI is InChI=1S/C24H23N3O2/c28-23-21-8-4-3-7-20(21)22(13-25-23)16-9-11-19(12-10-16)26-24(29)27-14-17-5-1-2-6-18(17)15-27/h1-9,13,19,22H,10-12,14-15H2,(H,26,29). The molecule has 3 amide bonds. The third-order valence-electron chi connectivity index (χ3n) is 6.17. The van der Waals surface area contributed by atoms with Crippen molar-refractivity contribution in [2.75, 3.05) is 0 Å². The Morgan fingerprint density at radius 1 is 1.03 bits per heavy atom. The van der Waals surface area contributed by atoms with E-state index < -0.39 is 0 Å². The number of nitrogens with one attached hydrogen (secondary N) is 1. The lowest BCUT2D eigenvalue weighted by atomic mass is 9.81. The molecule has 0 saturated heterocycles. The number of fused-ring (bicyclic) bond motifs is 2. The van der Waals surface area contributed by atoms with E-state index in [0.717, 1.165) is 24.8 Å². The van der Waals surface area contributed by atoms with Crippen molar-refractivity contribution in [3.63, 3.8) is 0 Å². The topological polar surface area (TPSA) is 61.8 Å². The smallest absolute Gasteiger partial charge is 0.318 e. The lowest BCUT2D eigenvalue weighted by Crippen LogP contribution is -2.43. The molecule has 0 saturated carbocycles. The van der Waals surface area contributed by atoms with Crippen LogP contribution in [0, 0.1) is 0 Å². The van der Waals surface area contributed by atoms with Crippen molar-refractivity contribution in [3.05, 3.63) is 82.4 Å². The molecule has 2 atom stereocenters. The summed E-state index contributed by atoms with van der Waals surface area (Å²) in [7, 11) is 0. The highest BCUT2D eigenvalue weighted by Gasteiger charge is 2.29. The molecule has 0 radical (unpaired) electrons. The summed E-state index contributed by atoms with van der Waals surface area (Å²) < 4.78 is 0. The molecule has 0 aromatic heterocycles. The lowest BCUT2D eigenvalue weighted by Gasteiger charge is -2.29. The van der Waals surface area contributed by atoms with Gasteiger partial charge in [-0.3, -0.25) is 4.79 Å². The van der Waals surface area contributed by atoms with Gasteiger partial charge in [0.05, 0.1) is 0 Å². The molecule has 2 aliphatic heterocycles. The zero-order valence-corrected chi connectivity index (χ0v) is 16.2. The summed E-state index contributed by atoms with van der Waals surface area (Å²) in [5.41, 5.74) is 5.49. The first-order valence-corrected chi connectivity index (χ1v) is 10.2. The van der Waals surface area contributed by atoms with E-state index in [0.29, 0.717) is 18.7 Å². The first-order valence-electron chi connectivity index (χ1n) is 10.2. The third-order valence-corrected chi connectivity index (χ3v) is 6.17. The first-order chi connectivity index (χ1) is 14.2. The van der Waals surface area contributed by atoms with Gasteiger partial charge in [0.2, 0.25) is 0 Å². The van der Waals surface area contributed by atoms with Crippen molar-refractivity contribution >= 4 is 18.2 Å². The minimum atomic E-state index is -0.162. The molecule has 2 aromatic carbocycles. The summed E-state index contributed by atoms with van der Waals surface area (Å²) in [4.78, 5) is 30.7. The Hall–Kier alpha value is -3.21. The number of rotatable bonds is 2. The molecule has 0 bridgehead atoms. The second kappa shape index (κ2) is 7.32. The molecule has 2 aromatic rings. The molecule has 1 aliphatic carbocycles. The Balaban J connectivity index is 1.23. The van der Waals surface area contributed by atoms with Gasteiger partial charge in [-0.05, 0) is 42.0 Å². The van der Waals surface area contributed by atoms with E-state index in [1.54, 1.807) is 6.21 Å². The summed E-state index contributed by atoms with van der Waals surface area (Å²) in [6.07, 6.45) is 6.60. The van der Waals surface area contributed by atoms with Crippen LogP contribution in [-0.2, 0) is 13.1 Å². The third kappa shape index (κ3) is 3.37. The number of benzene rings is 2. The SMILES string of the molecule is O=C1N=CC(C2=CCC(NC(=O)N3Cc4ccccc4C3)CC2)c2ccccc21. The molecule has 2 heterocycles. The minimum Gasteiger partial charge on any atom is -0.335 e. The van der Waals surface area contributed by atoms with E-state index in [9.17, 15) is 9.59 Å². The van der Waals surface area contributed by atoms with E-state index in [-0.39, 0.29) is 23.9 Å². The molecule has 29 heavy (non-hydrogen) atoms. The average molecular weight is 385 g/mol. The fourth-order valence-corrected chi connectivity index (χ4v) is 4.56. The number of urea groups is 1. The Morgan fingerprint density at radius 2 is 1.76 bits per heavy atom. The normalized spacial score (nSPS) is 22.7. The van der Waals surface area contributed by atoms with E-state index in [2.05, 4.69) is 28.5 Å². The highest BCUT2D eigenvalue weighted by molar-refractivity contribution is 6.05. The second-order valence-electron chi connectivity index (χ2n) is 7.97. The van der Waals surface area contributed by atoms with Crippen LogP contribution in [0.25, 0.3) is 0 Å². The number of carbonyl (C=O) groups is 2. The summed E-state index contributed by atoms with van der Waals surface area (Å²) >= 11 is 0. The second-order valence-corrected chi connectivity index (χ2v) is 7.97. The van der Waals surface area contributed by atoms with Gasteiger partial charge in [0.15, 0.2) is 0 Å². The maximum absolute atomic E-state index is 12.7. The van der Waals surface area contributed by atoms with E-state index in [4.69, 9.17) is 0 Å². The molecule has 5 nitrogen and oxygen atoms in total. The summed E-state index contributed by atoms with van der Waals surface area (Å²) in [6, 6.07) is 16.1. The van der Waals surface area contributed by atoms with Gasteiger partial charge in [-0.15, -0.1) is 0 Å². The van der Waals surface area contributed by atoms with Crippen LogP contribution in [-0.4, -0.2) is 29.1 Å². The van der Waals surface area contributed by atoms with Crippen LogP contribution in [0.2, 0.25) is 0 Å². The molecule has 2 unspecified atom stereocenters. The zero-order chi connectivity index (χ0) is 19.8. The number of aliphatic imine (C=N–C) groups is 1. The average Bonchev–Trinajstić information content (AvgIpc) is 3.20. The molecular weight excluding hydrogens is 362 g/mol. The van der Waals surface area contributed by atoms with E-state index in [1.165, 1.54) is 16.7 Å².